The molecule has 1 unspecified atom stereocenters. The van der Waals surface area contributed by atoms with Crippen LogP contribution in [0.3, 0.4) is 0 Å². The first-order valence-corrected chi connectivity index (χ1v) is 7.34. The van der Waals surface area contributed by atoms with Crippen LogP contribution < -0.4 is 10.6 Å². The second-order valence-electron chi connectivity index (χ2n) is 4.90. The van der Waals surface area contributed by atoms with Gasteiger partial charge in [-0.05, 0) is 43.9 Å². The summed E-state index contributed by atoms with van der Waals surface area (Å²) in [5, 5.41) is 0. The van der Waals surface area contributed by atoms with Crippen LogP contribution in [0.25, 0.3) is 0 Å². The Morgan fingerprint density at radius 3 is 3.00 bits per heavy atom. The second-order valence-corrected chi connectivity index (χ2v) is 5.82. The summed E-state index contributed by atoms with van der Waals surface area (Å²) in [5.74, 6) is 0. The molecule has 0 saturated carbocycles. The van der Waals surface area contributed by atoms with Crippen LogP contribution in [0.2, 0.25) is 0 Å². The third-order valence-corrected chi connectivity index (χ3v) is 3.94. The van der Waals surface area contributed by atoms with Crippen LogP contribution in [-0.2, 0) is 4.74 Å². The van der Waals surface area contributed by atoms with E-state index in [-0.39, 0.29) is 0 Å². The molecule has 1 heterocycles. The zero-order chi connectivity index (χ0) is 13.0. The van der Waals surface area contributed by atoms with Crippen LogP contribution in [0.4, 0.5) is 11.4 Å². The lowest BCUT2D eigenvalue weighted by molar-refractivity contribution is 0.103. The van der Waals surface area contributed by atoms with Crippen molar-refractivity contribution in [3.8, 4) is 0 Å². The minimum absolute atomic E-state index is 0.487. The molecule has 1 aliphatic heterocycles. The molecule has 4 heteroatoms. The Labute approximate surface area is 117 Å². The van der Waals surface area contributed by atoms with Crippen LogP contribution in [0.1, 0.15) is 25.7 Å². The molecule has 1 aromatic carbocycles. The summed E-state index contributed by atoms with van der Waals surface area (Å²) in [6.45, 7) is 1.96. The minimum atomic E-state index is 0.487. The lowest BCUT2D eigenvalue weighted by Gasteiger charge is -2.22. The van der Waals surface area contributed by atoms with Crippen LogP contribution in [0.5, 0.6) is 0 Å². The molecule has 1 aliphatic rings. The number of nitrogens with zero attached hydrogens (tertiary/aromatic N) is 1. The number of nitrogen functional groups attached to an aromatic ring is 1. The molecule has 0 spiro atoms. The number of halogens is 1. The Balaban J connectivity index is 1.81. The van der Waals surface area contributed by atoms with Crippen molar-refractivity contribution in [2.45, 2.75) is 31.8 Å². The predicted octanol–water partition coefficient (Wildman–Crippen LogP) is 3.43. The van der Waals surface area contributed by atoms with E-state index in [1.54, 1.807) is 0 Å². The minimum Gasteiger partial charge on any atom is -0.397 e. The van der Waals surface area contributed by atoms with E-state index in [1.807, 2.05) is 12.1 Å². The summed E-state index contributed by atoms with van der Waals surface area (Å²) in [5.41, 5.74) is 7.95. The SMILES string of the molecule is CN(CCCC1CCCO1)c1ccc(Br)cc1N. The molecule has 3 nitrogen and oxygen atoms in total. The molecule has 0 bridgehead atoms. The highest BCUT2D eigenvalue weighted by molar-refractivity contribution is 9.10. The molecule has 100 valence electrons. The zero-order valence-electron chi connectivity index (χ0n) is 10.9. The molecule has 1 fully saturated rings. The van der Waals surface area contributed by atoms with Crippen molar-refractivity contribution >= 4 is 27.3 Å². The molecule has 0 aliphatic carbocycles. The van der Waals surface area contributed by atoms with Crippen LogP contribution in [0, 0.1) is 0 Å². The average Bonchev–Trinajstić information content (AvgIpc) is 2.81. The molecule has 0 amide bonds. The number of nitrogens with two attached hydrogens (primary N) is 1. The van der Waals surface area contributed by atoms with Crippen molar-refractivity contribution in [1.82, 2.24) is 0 Å². The molecule has 1 aromatic rings. The first-order valence-electron chi connectivity index (χ1n) is 6.54. The van der Waals surface area contributed by atoms with Crippen LogP contribution in [0.15, 0.2) is 22.7 Å². The van der Waals surface area contributed by atoms with E-state index in [4.69, 9.17) is 10.5 Å². The van der Waals surface area contributed by atoms with Gasteiger partial charge in [0.25, 0.3) is 0 Å². The third kappa shape index (κ3) is 3.62. The normalized spacial score (nSPS) is 19.1. The van der Waals surface area contributed by atoms with E-state index in [1.165, 1.54) is 12.8 Å². The lowest BCUT2D eigenvalue weighted by atomic mass is 10.1. The Kier molecular flexibility index (Phi) is 4.89. The van der Waals surface area contributed by atoms with Gasteiger partial charge in [0.1, 0.15) is 0 Å². The number of rotatable bonds is 5. The molecule has 0 aromatic heterocycles. The van der Waals surface area contributed by atoms with Crippen molar-refractivity contribution in [2.75, 3.05) is 30.8 Å². The summed E-state index contributed by atoms with van der Waals surface area (Å²) in [7, 11) is 2.09. The highest BCUT2D eigenvalue weighted by Crippen LogP contribution is 2.26. The van der Waals surface area contributed by atoms with Gasteiger partial charge in [-0.15, -0.1) is 0 Å². The maximum absolute atomic E-state index is 6.02. The highest BCUT2D eigenvalue weighted by atomic mass is 79.9. The summed E-state index contributed by atoms with van der Waals surface area (Å²) < 4.78 is 6.66. The van der Waals surface area contributed by atoms with E-state index in [2.05, 4.69) is 33.9 Å². The van der Waals surface area contributed by atoms with Gasteiger partial charge in [0.15, 0.2) is 0 Å². The van der Waals surface area contributed by atoms with Gasteiger partial charge in [-0.1, -0.05) is 15.9 Å². The monoisotopic (exact) mass is 312 g/mol. The number of ether oxygens (including phenoxy) is 1. The molecular formula is C14H21BrN2O. The fourth-order valence-corrected chi connectivity index (χ4v) is 2.80. The maximum atomic E-state index is 6.02. The first-order chi connectivity index (χ1) is 8.66. The summed E-state index contributed by atoms with van der Waals surface area (Å²) in [4.78, 5) is 2.22. The second kappa shape index (κ2) is 6.43. The van der Waals surface area contributed by atoms with Gasteiger partial charge in [0, 0.05) is 24.7 Å². The number of hydrogen-bond donors (Lipinski definition) is 1. The molecule has 1 atom stereocenters. The summed E-state index contributed by atoms with van der Waals surface area (Å²) >= 11 is 3.43. The molecule has 0 radical (unpaired) electrons. The third-order valence-electron chi connectivity index (χ3n) is 3.44. The van der Waals surface area contributed by atoms with Gasteiger partial charge in [-0.25, -0.2) is 0 Å². The van der Waals surface area contributed by atoms with Crippen molar-refractivity contribution in [2.24, 2.45) is 0 Å². The van der Waals surface area contributed by atoms with Gasteiger partial charge >= 0.3 is 0 Å². The van der Waals surface area contributed by atoms with Crippen molar-refractivity contribution in [3.05, 3.63) is 22.7 Å². The molecular weight excluding hydrogens is 292 g/mol. The Morgan fingerprint density at radius 2 is 2.33 bits per heavy atom. The highest BCUT2D eigenvalue weighted by Gasteiger charge is 2.15. The maximum Gasteiger partial charge on any atom is 0.0598 e. The number of benzene rings is 1. The molecule has 2 N–H and O–H groups in total. The van der Waals surface area contributed by atoms with Crippen molar-refractivity contribution < 1.29 is 4.74 Å². The van der Waals surface area contributed by atoms with Crippen LogP contribution >= 0.6 is 15.9 Å². The lowest BCUT2D eigenvalue weighted by Crippen LogP contribution is -2.21. The van der Waals surface area contributed by atoms with Gasteiger partial charge < -0.3 is 15.4 Å². The Hall–Kier alpha value is -0.740. The largest absolute Gasteiger partial charge is 0.397 e. The topological polar surface area (TPSA) is 38.5 Å². The van der Waals surface area contributed by atoms with E-state index >= 15 is 0 Å². The van der Waals surface area contributed by atoms with Crippen molar-refractivity contribution in [1.29, 1.82) is 0 Å². The van der Waals surface area contributed by atoms with Crippen LogP contribution in [-0.4, -0.2) is 26.3 Å². The van der Waals surface area contributed by atoms with Crippen molar-refractivity contribution in [3.63, 3.8) is 0 Å². The summed E-state index contributed by atoms with van der Waals surface area (Å²) in [6, 6.07) is 6.04. The smallest absolute Gasteiger partial charge is 0.0598 e. The predicted molar refractivity (Wildman–Crippen MR) is 80.0 cm³/mol. The Bertz CT molecular complexity index is 391. The molecule has 1 saturated heterocycles. The van der Waals surface area contributed by atoms with Gasteiger partial charge in [0.2, 0.25) is 0 Å². The van der Waals surface area contributed by atoms with Gasteiger partial charge in [-0.2, -0.15) is 0 Å². The molecule has 18 heavy (non-hydrogen) atoms. The standard InChI is InChI=1S/C14H21BrN2O/c1-17(8-2-4-12-5-3-9-18-12)14-7-6-11(15)10-13(14)16/h6-7,10,12H,2-5,8-9,16H2,1H3. The van der Waals surface area contributed by atoms with Gasteiger partial charge in [0.05, 0.1) is 17.5 Å². The van der Waals surface area contributed by atoms with E-state index in [0.717, 1.165) is 41.8 Å². The number of hydrogen-bond acceptors (Lipinski definition) is 3. The quantitative estimate of drug-likeness (QED) is 0.847. The fraction of sp³-hybridized carbons (Fsp3) is 0.571. The first kappa shape index (κ1) is 13.7. The zero-order valence-corrected chi connectivity index (χ0v) is 12.4. The Morgan fingerprint density at radius 1 is 1.50 bits per heavy atom. The van der Waals surface area contributed by atoms with Gasteiger partial charge in [-0.3, -0.25) is 0 Å². The molecule has 2 rings (SSSR count). The summed E-state index contributed by atoms with van der Waals surface area (Å²) in [6.07, 6.45) is 5.24. The average molecular weight is 313 g/mol. The number of anilines is 2. The fourth-order valence-electron chi connectivity index (χ4n) is 2.42. The van der Waals surface area contributed by atoms with E-state index < -0.39 is 0 Å². The van der Waals surface area contributed by atoms with E-state index in [9.17, 15) is 0 Å². The van der Waals surface area contributed by atoms with E-state index in [0.29, 0.717) is 6.10 Å².